The smallest absolute Gasteiger partial charge is 0.0178 e. The first-order valence-electron chi connectivity index (χ1n) is 6.80. The maximum absolute atomic E-state index is 6.02. The molecule has 1 aliphatic rings. The Kier molecular flexibility index (Phi) is 3.72. The van der Waals surface area contributed by atoms with Gasteiger partial charge in [-0.25, -0.2) is 0 Å². The van der Waals surface area contributed by atoms with E-state index in [-0.39, 0.29) is 0 Å². The first-order valence-corrected chi connectivity index (χ1v) is 7.59. The largest absolute Gasteiger partial charge is 0.330 e. The van der Waals surface area contributed by atoms with E-state index in [0.717, 1.165) is 11.0 Å². The Labute approximate surface area is 123 Å². The van der Waals surface area contributed by atoms with E-state index in [1.807, 2.05) is 0 Å². The zero-order valence-electron chi connectivity index (χ0n) is 10.8. The van der Waals surface area contributed by atoms with Crippen LogP contribution >= 0.6 is 15.9 Å². The highest BCUT2D eigenvalue weighted by molar-refractivity contribution is 9.10. The lowest BCUT2D eigenvalue weighted by atomic mass is 9.92. The Morgan fingerprint density at radius 3 is 2.58 bits per heavy atom. The molecule has 0 bridgehead atoms. The lowest BCUT2D eigenvalue weighted by molar-refractivity contribution is 0.600. The summed E-state index contributed by atoms with van der Waals surface area (Å²) in [4.78, 5) is 0. The molecule has 2 aromatic carbocycles. The number of rotatable bonds is 4. The van der Waals surface area contributed by atoms with Crippen LogP contribution in [0.2, 0.25) is 0 Å². The molecule has 0 aromatic heterocycles. The molecule has 0 heterocycles. The fourth-order valence-corrected chi connectivity index (χ4v) is 3.46. The van der Waals surface area contributed by atoms with E-state index in [1.54, 1.807) is 0 Å². The predicted molar refractivity (Wildman–Crippen MR) is 83.2 cm³/mol. The first-order chi connectivity index (χ1) is 9.29. The Balaban J connectivity index is 1.79. The minimum atomic E-state index is 0.475. The molecule has 3 atom stereocenters. The Hall–Kier alpha value is -1.12. The minimum Gasteiger partial charge on any atom is -0.330 e. The van der Waals surface area contributed by atoms with Gasteiger partial charge in [-0.15, -0.1) is 0 Å². The molecule has 19 heavy (non-hydrogen) atoms. The van der Waals surface area contributed by atoms with Gasteiger partial charge in [-0.2, -0.15) is 0 Å². The van der Waals surface area contributed by atoms with Crippen LogP contribution in [0.15, 0.2) is 59.1 Å². The highest BCUT2D eigenvalue weighted by atomic mass is 79.9. The van der Waals surface area contributed by atoms with Crippen LogP contribution in [-0.2, 0) is 0 Å². The van der Waals surface area contributed by atoms with Gasteiger partial charge in [0, 0.05) is 4.47 Å². The summed E-state index contributed by atoms with van der Waals surface area (Å²) in [6, 6.07) is 19.4. The number of benzene rings is 2. The van der Waals surface area contributed by atoms with Gasteiger partial charge in [0.25, 0.3) is 0 Å². The predicted octanol–water partition coefficient (Wildman–Crippen LogP) is 4.30. The number of hydrogen-bond acceptors (Lipinski definition) is 1. The maximum Gasteiger partial charge on any atom is 0.0178 e. The standard InChI is InChI=1S/C17H18BrN/c18-14-8-4-7-13(9-14)17(11-19)16-10-15(16)12-5-2-1-3-6-12/h1-9,15-17H,10-11,19H2. The summed E-state index contributed by atoms with van der Waals surface area (Å²) in [5.41, 5.74) is 8.84. The van der Waals surface area contributed by atoms with E-state index in [4.69, 9.17) is 5.73 Å². The van der Waals surface area contributed by atoms with Crippen molar-refractivity contribution < 1.29 is 0 Å². The normalized spacial score (nSPS) is 23.1. The van der Waals surface area contributed by atoms with Gasteiger partial charge < -0.3 is 5.73 Å². The third kappa shape index (κ3) is 2.75. The number of nitrogens with two attached hydrogens (primary N) is 1. The zero-order chi connectivity index (χ0) is 13.2. The third-order valence-electron chi connectivity index (χ3n) is 4.12. The molecule has 3 unspecified atom stereocenters. The van der Waals surface area contributed by atoms with E-state index in [1.165, 1.54) is 17.5 Å². The van der Waals surface area contributed by atoms with Crippen molar-refractivity contribution in [3.8, 4) is 0 Å². The van der Waals surface area contributed by atoms with E-state index < -0.39 is 0 Å². The van der Waals surface area contributed by atoms with Crippen LogP contribution in [0.4, 0.5) is 0 Å². The molecule has 2 heteroatoms. The molecular formula is C17H18BrN. The van der Waals surface area contributed by atoms with Crippen molar-refractivity contribution in [2.24, 2.45) is 11.7 Å². The molecule has 0 amide bonds. The zero-order valence-corrected chi connectivity index (χ0v) is 12.4. The quantitative estimate of drug-likeness (QED) is 0.894. The summed E-state index contributed by atoms with van der Waals surface area (Å²) in [7, 11) is 0. The molecule has 0 radical (unpaired) electrons. The molecule has 1 fully saturated rings. The van der Waals surface area contributed by atoms with Crippen LogP contribution in [0, 0.1) is 5.92 Å². The van der Waals surface area contributed by atoms with Gasteiger partial charge in [0.2, 0.25) is 0 Å². The fraction of sp³-hybridized carbons (Fsp3) is 0.294. The van der Waals surface area contributed by atoms with Crippen LogP contribution in [0.1, 0.15) is 29.4 Å². The minimum absolute atomic E-state index is 0.475. The Bertz CT molecular complexity index is 552. The van der Waals surface area contributed by atoms with Gasteiger partial charge in [0.1, 0.15) is 0 Å². The van der Waals surface area contributed by atoms with E-state index >= 15 is 0 Å². The van der Waals surface area contributed by atoms with Gasteiger partial charge in [-0.05, 0) is 54.0 Å². The Morgan fingerprint density at radius 1 is 1.11 bits per heavy atom. The van der Waals surface area contributed by atoms with Crippen LogP contribution in [0.25, 0.3) is 0 Å². The summed E-state index contributed by atoms with van der Waals surface area (Å²) in [5.74, 6) is 1.86. The van der Waals surface area contributed by atoms with Gasteiger partial charge in [-0.3, -0.25) is 0 Å². The average Bonchev–Trinajstić information content (AvgIpc) is 3.21. The molecule has 1 aliphatic carbocycles. The van der Waals surface area contributed by atoms with Crippen molar-refractivity contribution in [3.63, 3.8) is 0 Å². The molecule has 2 aromatic rings. The summed E-state index contributed by atoms with van der Waals surface area (Å²) in [6.07, 6.45) is 1.26. The third-order valence-corrected chi connectivity index (χ3v) is 4.61. The van der Waals surface area contributed by atoms with Crippen LogP contribution < -0.4 is 5.73 Å². The molecule has 98 valence electrons. The fourth-order valence-electron chi connectivity index (χ4n) is 3.04. The molecule has 0 spiro atoms. The van der Waals surface area contributed by atoms with Gasteiger partial charge in [0.05, 0.1) is 0 Å². The van der Waals surface area contributed by atoms with Crippen molar-refractivity contribution in [2.75, 3.05) is 6.54 Å². The lowest BCUT2D eigenvalue weighted by Gasteiger charge is -2.15. The summed E-state index contributed by atoms with van der Waals surface area (Å²) < 4.78 is 1.14. The summed E-state index contributed by atoms with van der Waals surface area (Å²) >= 11 is 3.55. The first kappa shape index (κ1) is 12.9. The van der Waals surface area contributed by atoms with Crippen molar-refractivity contribution in [1.29, 1.82) is 0 Å². The van der Waals surface area contributed by atoms with Crippen molar-refractivity contribution in [1.82, 2.24) is 0 Å². The molecule has 3 rings (SSSR count). The SMILES string of the molecule is NCC(c1cccc(Br)c1)C1CC1c1ccccc1. The van der Waals surface area contributed by atoms with Crippen molar-refractivity contribution >= 4 is 15.9 Å². The average molecular weight is 316 g/mol. The van der Waals surface area contributed by atoms with Gasteiger partial charge in [-0.1, -0.05) is 58.4 Å². The van der Waals surface area contributed by atoms with Crippen LogP contribution in [-0.4, -0.2) is 6.54 Å². The molecular weight excluding hydrogens is 298 g/mol. The van der Waals surface area contributed by atoms with Gasteiger partial charge in [0.15, 0.2) is 0 Å². The van der Waals surface area contributed by atoms with Crippen LogP contribution in [0.3, 0.4) is 0 Å². The van der Waals surface area contributed by atoms with E-state index in [2.05, 4.69) is 70.5 Å². The second-order valence-corrected chi connectivity index (χ2v) is 6.23. The molecule has 1 nitrogen and oxygen atoms in total. The summed E-state index contributed by atoms with van der Waals surface area (Å²) in [6.45, 7) is 0.727. The maximum atomic E-state index is 6.02. The molecule has 2 N–H and O–H groups in total. The second kappa shape index (κ2) is 5.48. The highest BCUT2D eigenvalue weighted by Gasteiger charge is 2.43. The number of hydrogen-bond donors (Lipinski definition) is 1. The Morgan fingerprint density at radius 2 is 1.89 bits per heavy atom. The molecule has 0 aliphatic heterocycles. The lowest BCUT2D eigenvalue weighted by Crippen LogP contribution is -2.15. The van der Waals surface area contributed by atoms with Crippen molar-refractivity contribution in [3.05, 3.63) is 70.2 Å². The monoisotopic (exact) mass is 315 g/mol. The van der Waals surface area contributed by atoms with E-state index in [9.17, 15) is 0 Å². The molecule has 1 saturated carbocycles. The number of halogens is 1. The highest BCUT2D eigenvalue weighted by Crippen LogP contribution is 2.54. The second-order valence-electron chi connectivity index (χ2n) is 5.31. The van der Waals surface area contributed by atoms with Crippen molar-refractivity contribution in [2.45, 2.75) is 18.3 Å². The molecule has 0 saturated heterocycles. The topological polar surface area (TPSA) is 26.0 Å². The van der Waals surface area contributed by atoms with Crippen LogP contribution in [0.5, 0.6) is 0 Å². The van der Waals surface area contributed by atoms with E-state index in [0.29, 0.717) is 17.8 Å². The summed E-state index contributed by atoms with van der Waals surface area (Å²) in [5, 5.41) is 0. The van der Waals surface area contributed by atoms with Gasteiger partial charge >= 0.3 is 0 Å².